The molecule has 2 saturated heterocycles. The molecule has 2 unspecified atom stereocenters. The highest BCUT2D eigenvalue weighted by molar-refractivity contribution is 5.77. The molecular formula is C22H25FN6O. The predicted molar refractivity (Wildman–Crippen MR) is 112 cm³/mol. The summed E-state index contributed by atoms with van der Waals surface area (Å²) in [6.45, 7) is 2.62. The summed E-state index contributed by atoms with van der Waals surface area (Å²) in [5, 5.41) is 3.37. The fraction of sp³-hybridized carbons (Fsp3) is 0.409. The van der Waals surface area contributed by atoms with Crippen molar-refractivity contribution in [3.63, 3.8) is 0 Å². The molecule has 7 nitrogen and oxygen atoms in total. The van der Waals surface area contributed by atoms with Crippen LogP contribution in [0.5, 0.6) is 0 Å². The normalized spacial score (nSPS) is 20.8. The van der Waals surface area contributed by atoms with Crippen LogP contribution in [-0.2, 0) is 11.3 Å². The molecule has 3 aromatic rings. The molecule has 0 aromatic carbocycles. The number of halogens is 1. The number of piperazine rings is 1. The van der Waals surface area contributed by atoms with Crippen LogP contribution in [0.15, 0.2) is 49.1 Å². The van der Waals surface area contributed by atoms with Crippen molar-refractivity contribution in [2.24, 2.45) is 0 Å². The fourth-order valence-corrected chi connectivity index (χ4v) is 4.80. The third-order valence-electron chi connectivity index (χ3n) is 6.20. The van der Waals surface area contributed by atoms with Gasteiger partial charge in [-0.1, -0.05) is 6.07 Å². The average molecular weight is 408 g/mol. The number of nitrogens with zero attached hydrogens (tertiary/aromatic N) is 5. The van der Waals surface area contributed by atoms with Crippen molar-refractivity contribution in [3.8, 4) is 0 Å². The average Bonchev–Trinajstić information content (AvgIpc) is 3.33. The van der Waals surface area contributed by atoms with Crippen LogP contribution >= 0.6 is 0 Å². The first-order chi connectivity index (χ1) is 14.7. The molecule has 8 heteroatoms. The number of likely N-dealkylation sites (tertiary alicyclic amines) is 1. The highest BCUT2D eigenvalue weighted by Gasteiger charge is 2.42. The number of fused-ring (bicyclic) bond motifs is 3. The zero-order valence-electron chi connectivity index (χ0n) is 16.7. The van der Waals surface area contributed by atoms with E-state index in [1.807, 2.05) is 27.6 Å². The molecule has 30 heavy (non-hydrogen) atoms. The Bertz CT molecular complexity index is 1040. The number of anilines is 1. The number of imidazole rings is 1. The molecule has 1 amide bonds. The van der Waals surface area contributed by atoms with Crippen LogP contribution in [0.4, 0.5) is 10.1 Å². The van der Waals surface area contributed by atoms with Gasteiger partial charge in [-0.05, 0) is 31.0 Å². The first kappa shape index (κ1) is 19.0. The van der Waals surface area contributed by atoms with Crippen LogP contribution in [0.2, 0.25) is 0 Å². The van der Waals surface area contributed by atoms with Gasteiger partial charge < -0.3 is 19.5 Å². The van der Waals surface area contributed by atoms with E-state index in [-0.39, 0.29) is 23.8 Å². The molecule has 0 saturated carbocycles. The molecule has 0 radical (unpaired) electrons. The minimum Gasteiger partial charge on any atom is -0.360 e. The van der Waals surface area contributed by atoms with Crippen molar-refractivity contribution < 1.29 is 9.18 Å². The minimum atomic E-state index is -0.286. The zero-order chi connectivity index (χ0) is 20.5. The van der Waals surface area contributed by atoms with E-state index < -0.39 is 0 Å². The Morgan fingerprint density at radius 3 is 2.80 bits per heavy atom. The molecule has 2 aliphatic rings. The lowest BCUT2D eigenvalue weighted by Crippen LogP contribution is -2.56. The van der Waals surface area contributed by atoms with Gasteiger partial charge in [0.05, 0.1) is 11.9 Å². The van der Waals surface area contributed by atoms with Crippen molar-refractivity contribution in [3.05, 3.63) is 60.6 Å². The summed E-state index contributed by atoms with van der Waals surface area (Å²) in [6.07, 6.45) is 9.07. The monoisotopic (exact) mass is 408 g/mol. The van der Waals surface area contributed by atoms with Crippen LogP contribution in [0.25, 0.3) is 5.65 Å². The van der Waals surface area contributed by atoms with E-state index in [0.29, 0.717) is 38.3 Å². The molecule has 2 bridgehead atoms. The van der Waals surface area contributed by atoms with Crippen LogP contribution in [0.1, 0.15) is 25.0 Å². The number of aromatic nitrogens is 3. The van der Waals surface area contributed by atoms with Gasteiger partial charge in [-0.2, -0.15) is 0 Å². The SMILES string of the molecule is O=C(CCNCc1cccc2nccn12)N1CC2CCC(C1)N2c1ccncc1F. The molecular weight excluding hydrogens is 383 g/mol. The number of carbonyl (C=O) groups is 1. The second kappa shape index (κ2) is 8.02. The van der Waals surface area contributed by atoms with E-state index in [4.69, 9.17) is 0 Å². The van der Waals surface area contributed by atoms with E-state index in [2.05, 4.69) is 26.3 Å². The van der Waals surface area contributed by atoms with Gasteiger partial charge in [-0.15, -0.1) is 0 Å². The van der Waals surface area contributed by atoms with E-state index in [1.165, 1.54) is 6.20 Å². The van der Waals surface area contributed by atoms with Gasteiger partial charge in [-0.25, -0.2) is 9.37 Å². The molecule has 2 aliphatic heterocycles. The molecule has 2 fully saturated rings. The Kier molecular flexibility index (Phi) is 5.08. The number of amides is 1. The molecule has 1 N–H and O–H groups in total. The number of rotatable bonds is 6. The predicted octanol–water partition coefficient (Wildman–Crippen LogP) is 2.23. The summed E-state index contributed by atoms with van der Waals surface area (Å²) in [5.41, 5.74) is 2.65. The van der Waals surface area contributed by atoms with E-state index in [9.17, 15) is 9.18 Å². The third-order valence-corrected chi connectivity index (χ3v) is 6.20. The lowest BCUT2D eigenvalue weighted by atomic mass is 10.1. The maximum Gasteiger partial charge on any atom is 0.223 e. The number of hydrogen-bond donors (Lipinski definition) is 1. The van der Waals surface area contributed by atoms with Crippen LogP contribution in [-0.4, -0.2) is 56.9 Å². The fourth-order valence-electron chi connectivity index (χ4n) is 4.80. The smallest absolute Gasteiger partial charge is 0.223 e. The molecule has 5 heterocycles. The first-order valence-electron chi connectivity index (χ1n) is 10.5. The Morgan fingerprint density at radius 1 is 1.17 bits per heavy atom. The summed E-state index contributed by atoms with van der Waals surface area (Å²) in [5.74, 6) is -0.124. The highest BCUT2D eigenvalue weighted by Crippen LogP contribution is 2.36. The van der Waals surface area contributed by atoms with Crippen molar-refractivity contribution in [1.29, 1.82) is 0 Å². The summed E-state index contributed by atoms with van der Waals surface area (Å²) in [7, 11) is 0. The second-order valence-corrected chi connectivity index (χ2v) is 8.02. The molecule has 2 atom stereocenters. The van der Waals surface area contributed by atoms with Gasteiger partial charge in [0.15, 0.2) is 5.82 Å². The molecule has 5 rings (SSSR count). The van der Waals surface area contributed by atoms with Crippen molar-refractivity contribution >= 4 is 17.2 Å². The van der Waals surface area contributed by atoms with Crippen LogP contribution in [0, 0.1) is 5.82 Å². The van der Waals surface area contributed by atoms with Gasteiger partial charge in [0.1, 0.15) is 5.65 Å². The summed E-state index contributed by atoms with van der Waals surface area (Å²) in [4.78, 5) is 25.0. The van der Waals surface area contributed by atoms with Gasteiger partial charge in [-0.3, -0.25) is 9.78 Å². The Labute approximate surface area is 174 Å². The maximum absolute atomic E-state index is 14.2. The number of nitrogens with one attached hydrogen (secondary N) is 1. The lowest BCUT2D eigenvalue weighted by Gasteiger charge is -2.42. The molecule has 0 aliphatic carbocycles. The van der Waals surface area contributed by atoms with Crippen molar-refractivity contribution in [2.75, 3.05) is 24.5 Å². The number of carbonyl (C=O) groups excluding carboxylic acids is 1. The lowest BCUT2D eigenvalue weighted by molar-refractivity contribution is -0.132. The topological polar surface area (TPSA) is 65.8 Å². The number of pyridine rings is 2. The highest BCUT2D eigenvalue weighted by atomic mass is 19.1. The number of hydrogen-bond acceptors (Lipinski definition) is 5. The van der Waals surface area contributed by atoms with Crippen molar-refractivity contribution in [2.45, 2.75) is 37.9 Å². The molecule has 0 spiro atoms. The molecule has 3 aromatic heterocycles. The quantitative estimate of drug-likeness (QED) is 0.634. The second-order valence-electron chi connectivity index (χ2n) is 8.02. The van der Waals surface area contributed by atoms with Crippen LogP contribution < -0.4 is 10.2 Å². The Balaban J connectivity index is 1.15. The summed E-state index contributed by atoms with van der Waals surface area (Å²) < 4.78 is 16.3. The van der Waals surface area contributed by atoms with Crippen molar-refractivity contribution in [1.82, 2.24) is 24.6 Å². The van der Waals surface area contributed by atoms with Gasteiger partial charge >= 0.3 is 0 Å². The summed E-state index contributed by atoms with van der Waals surface area (Å²) >= 11 is 0. The minimum absolute atomic E-state index is 0.162. The van der Waals surface area contributed by atoms with E-state index >= 15 is 0 Å². The van der Waals surface area contributed by atoms with Crippen LogP contribution in [0.3, 0.4) is 0 Å². The summed E-state index contributed by atoms with van der Waals surface area (Å²) in [6, 6.07) is 8.11. The zero-order valence-corrected chi connectivity index (χ0v) is 16.7. The van der Waals surface area contributed by atoms with Gasteiger partial charge in [0, 0.05) is 69.0 Å². The maximum atomic E-state index is 14.2. The van der Waals surface area contributed by atoms with Gasteiger partial charge in [0.25, 0.3) is 0 Å². The van der Waals surface area contributed by atoms with Gasteiger partial charge in [0.2, 0.25) is 5.91 Å². The first-order valence-corrected chi connectivity index (χ1v) is 10.5. The molecule has 156 valence electrons. The Morgan fingerprint density at radius 2 is 2.00 bits per heavy atom. The standard InChI is InChI=1S/C22H25FN6O/c23-19-13-25-8-6-20(19)29-17-4-5-18(29)15-27(14-17)22(30)7-9-24-12-16-2-1-3-21-26-10-11-28(16)21/h1-3,6,8,10-11,13,17-18,24H,4-5,7,9,12,14-15H2. The van der Waals surface area contributed by atoms with E-state index in [1.54, 1.807) is 18.5 Å². The largest absolute Gasteiger partial charge is 0.360 e. The third kappa shape index (κ3) is 3.52. The van der Waals surface area contributed by atoms with E-state index in [0.717, 1.165) is 24.2 Å². The Hall–Kier alpha value is -3.00.